The Kier molecular flexibility index (Phi) is 4.29. The molecule has 1 aromatic heterocycles. The van der Waals surface area contributed by atoms with Gasteiger partial charge in [-0.05, 0) is 75.3 Å². The van der Waals surface area contributed by atoms with E-state index in [9.17, 15) is 8.42 Å². The molecule has 0 aliphatic carbocycles. The zero-order chi connectivity index (χ0) is 19.2. The fourth-order valence-corrected chi connectivity index (χ4v) is 5.47. The summed E-state index contributed by atoms with van der Waals surface area (Å²) in [6, 6.07) is 14.1. The summed E-state index contributed by atoms with van der Waals surface area (Å²) < 4.78 is 28.6. The van der Waals surface area contributed by atoms with Crippen LogP contribution in [0.1, 0.15) is 28.8 Å². The van der Waals surface area contributed by atoms with Gasteiger partial charge in [0.05, 0.1) is 22.0 Å². The summed E-state index contributed by atoms with van der Waals surface area (Å²) in [4.78, 5) is 2.45. The largest absolute Gasteiger partial charge is 0.302 e. The molecule has 4 rings (SSSR count). The highest BCUT2D eigenvalue weighted by Gasteiger charge is 2.28. The van der Waals surface area contributed by atoms with Crippen LogP contribution in [0.15, 0.2) is 47.4 Å². The minimum absolute atomic E-state index is 0.208. The summed E-state index contributed by atoms with van der Waals surface area (Å²) >= 11 is 0. The Morgan fingerprint density at radius 3 is 2.56 bits per heavy atom. The van der Waals surface area contributed by atoms with Crippen molar-refractivity contribution >= 4 is 20.9 Å². The van der Waals surface area contributed by atoms with E-state index in [1.54, 1.807) is 12.1 Å². The summed E-state index contributed by atoms with van der Waals surface area (Å²) in [7, 11) is -1.67. The van der Waals surface area contributed by atoms with Gasteiger partial charge < -0.3 is 4.90 Å². The molecule has 2 heterocycles. The van der Waals surface area contributed by atoms with E-state index >= 15 is 0 Å². The summed E-state index contributed by atoms with van der Waals surface area (Å²) in [5.74, 6) is 0. The van der Waals surface area contributed by atoms with Crippen molar-refractivity contribution in [3.63, 3.8) is 0 Å². The van der Waals surface area contributed by atoms with Crippen molar-refractivity contribution < 1.29 is 8.42 Å². The maximum absolute atomic E-state index is 13.5. The highest BCUT2D eigenvalue weighted by Crippen LogP contribution is 2.34. The first-order valence-electron chi connectivity index (χ1n) is 8.99. The number of nitrogens with zero attached hydrogens (tertiary/aromatic N) is 3. The quantitative estimate of drug-likeness (QED) is 0.684. The summed E-state index contributed by atoms with van der Waals surface area (Å²) in [5.41, 5.74) is 4.27. The lowest BCUT2D eigenvalue weighted by Crippen LogP contribution is -2.17. The standard InChI is InChI=1S/C21H21N3O2S/c1-15-5-10-21-18(12-15)19-14-23(2)11-3-4-20(19)24(21)27(25,26)17-8-6-16(13-22)7-9-17/h5-10,12H,3-4,11,14H2,1-2H3. The molecule has 5 nitrogen and oxygen atoms in total. The number of aryl methyl sites for hydroxylation is 1. The van der Waals surface area contributed by atoms with E-state index in [1.807, 2.05) is 25.1 Å². The Morgan fingerprint density at radius 2 is 1.85 bits per heavy atom. The molecule has 0 radical (unpaired) electrons. The number of rotatable bonds is 2. The second-order valence-electron chi connectivity index (χ2n) is 7.19. The van der Waals surface area contributed by atoms with Gasteiger partial charge >= 0.3 is 0 Å². The Labute approximate surface area is 159 Å². The van der Waals surface area contributed by atoms with E-state index < -0.39 is 10.0 Å². The predicted octanol–water partition coefficient (Wildman–Crippen LogP) is 3.44. The van der Waals surface area contributed by atoms with E-state index in [0.29, 0.717) is 5.56 Å². The molecule has 0 saturated heterocycles. The van der Waals surface area contributed by atoms with Gasteiger partial charge in [-0.1, -0.05) is 11.6 Å². The van der Waals surface area contributed by atoms with Crippen molar-refractivity contribution in [2.24, 2.45) is 0 Å². The van der Waals surface area contributed by atoms with Crippen molar-refractivity contribution in [1.82, 2.24) is 8.87 Å². The smallest absolute Gasteiger partial charge is 0.268 e. The van der Waals surface area contributed by atoms with Crippen LogP contribution in [0, 0.1) is 18.3 Å². The van der Waals surface area contributed by atoms with Crippen LogP contribution in [0.3, 0.4) is 0 Å². The van der Waals surface area contributed by atoms with Crippen molar-refractivity contribution in [2.45, 2.75) is 31.2 Å². The first-order chi connectivity index (χ1) is 12.9. The Hall–Kier alpha value is -2.62. The minimum atomic E-state index is -3.75. The Morgan fingerprint density at radius 1 is 1.11 bits per heavy atom. The lowest BCUT2D eigenvalue weighted by molar-refractivity contribution is 0.333. The van der Waals surface area contributed by atoms with Gasteiger partial charge in [-0.15, -0.1) is 0 Å². The monoisotopic (exact) mass is 379 g/mol. The first kappa shape index (κ1) is 17.8. The number of benzene rings is 2. The van der Waals surface area contributed by atoms with Gasteiger partial charge in [0.2, 0.25) is 0 Å². The minimum Gasteiger partial charge on any atom is -0.302 e. The van der Waals surface area contributed by atoms with Crippen LogP contribution in [-0.4, -0.2) is 30.9 Å². The van der Waals surface area contributed by atoms with Crippen molar-refractivity contribution in [1.29, 1.82) is 5.26 Å². The van der Waals surface area contributed by atoms with Gasteiger partial charge in [-0.25, -0.2) is 12.4 Å². The second kappa shape index (κ2) is 6.52. The summed E-state index contributed by atoms with van der Waals surface area (Å²) in [5, 5.41) is 10.00. The van der Waals surface area contributed by atoms with E-state index in [2.05, 4.69) is 18.0 Å². The predicted molar refractivity (Wildman–Crippen MR) is 105 cm³/mol. The molecule has 3 aromatic rings. The van der Waals surface area contributed by atoms with Crippen LogP contribution in [-0.2, 0) is 23.0 Å². The van der Waals surface area contributed by atoms with Crippen LogP contribution < -0.4 is 0 Å². The number of aromatic nitrogens is 1. The molecule has 138 valence electrons. The van der Waals surface area contributed by atoms with Crippen LogP contribution in [0.2, 0.25) is 0 Å². The molecule has 0 N–H and O–H groups in total. The number of nitriles is 1. The molecule has 0 unspecified atom stereocenters. The molecule has 2 aromatic carbocycles. The van der Waals surface area contributed by atoms with E-state index in [1.165, 1.54) is 16.1 Å². The zero-order valence-corrected chi connectivity index (χ0v) is 16.3. The lowest BCUT2D eigenvalue weighted by atomic mass is 10.1. The average Bonchev–Trinajstić information content (AvgIpc) is 2.82. The van der Waals surface area contributed by atoms with Crippen molar-refractivity contribution in [3.8, 4) is 6.07 Å². The Bertz CT molecular complexity index is 1170. The molecule has 1 aliphatic heterocycles. The number of hydrogen-bond acceptors (Lipinski definition) is 4. The molecule has 0 saturated carbocycles. The molecular formula is C21H21N3O2S. The van der Waals surface area contributed by atoms with Gasteiger partial charge in [0.1, 0.15) is 0 Å². The second-order valence-corrected chi connectivity index (χ2v) is 8.98. The number of fused-ring (bicyclic) bond motifs is 3. The summed E-state index contributed by atoms with van der Waals surface area (Å²) in [6.07, 6.45) is 1.64. The molecule has 0 fully saturated rings. The normalized spacial score (nSPS) is 15.3. The van der Waals surface area contributed by atoms with Gasteiger partial charge in [0.25, 0.3) is 10.0 Å². The SMILES string of the molecule is Cc1ccc2c(c1)c1c(n2S(=O)(=O)c2ccc(C#N)cc2)CCCN(C)C1. The third kappa shape index (κ3) is 2.93. The van der Waals surface area contributed by atoms with Gasteiger partial charge in [0.15, 0.2) is 0 Å². The van der Waals surface area contributed by atoms with Crippen LogP contribution >= 0.6 is 0 Å². The number of hydrogen-bond donors (Lipinski definition) is 0. The fraction of sp³-hybridized carbons (Fsp3) is 0.286. The van der Waals surface area contributed by atoms with Crippen molar-refractivity contribution in [3.05, 3.63) is 64.8 Å². The van der Waals surface area contributed by atoms with E-state index in [4.69, 9.17) is 5.26 Å². The fourth-order valence-electron chi connectivity index (χ4n) is 3.87. The van der Waals surface area contributed by atoms with Gasteiger partial charge in [-0.3, -0.25) is 0 Å². The molecule has 27 heavy (non-hydrogen) atoms. The van der Waals surface area contributed by atoms with Crippen LogP contribution in [0.4, 0.5) is 0 Å². The van der Waals surface area contributed by atoms with Gasteiger partial charge in [0, 0.05) is 17.6 Å². The van der Waals surface area contributed by atoms with Gasteiger partial charge in [-0.2, -0.15) is 5.26 Å². The molecule has 6 heteroatoms. The molecule has 0 bridgehead atoms. The van der Waals surface area contributed by atoms with E-state index in [0.717, 1.165) is 53.7 Å². The summed E-state index contributed by atoms with van der Waals surface area (Å²) in [6.45, 7) is 3.71. The highest BCUT2D eigenvalue weighted by atomic mass is 32.2. The molecule has 1 aliphatic rings. The van der Waals surface area contributed by atoms with Crippen molar-refractivity contribution in [2.75, 3.05) is 13.6 Å². The Balaban J connectivity index is 2.01. The third-order valence-electron chi connectivity index (χ3n) is 5.19. The topological polar surface area (TPSA) is 66.1 Å². The maximum atomic E-state index is 13.5. The molecular weight excluding hydrogens is 358 g/mol. The zero-order valence-electron chi connectivity index (χ0n) is 15.4. The third-order valence-corrected chi connectivity index (χ3v) is 6.96. The van der Waals surface area contributed by atoms with Crippen LogP contribution in [0.5, 0.6) is 0 Å². The maximum Gasteiger partial charge on any atom is 0.268 e. The molecule has 0 atom stereocenters. The average molecular weight is 379 g/mol. The van der Waals surface area contributed by atoms with Crippen LogP contribution in [0.25, 0.3) is 10.9 Å². The molecule has 0 amide bonds. The first-order valence-corrected chi connectivity index (χ1v) is 10.4. The lowest BCUT2D eigenvalue weighted by Gasteiger charge is -2.12. The van der Waals surface area contributed by atoms with E-state index in [-0.39, 0.29) is 4.90 Å². The molecule has 0 spiro atoms. The highest BCUT2D eigenvalue weighted by molar-refractivity contribution is 7.90.